The molecule has 4 N–H and O–H groups in total. The molecule has 6 nitrogen and oxygen atoms in total. The van der Waals surface area contributed by atoms with Crippen LogP contribution in [0.2, 0.25) is 0 Å². The molecular formula is C18H25N3O3. The van der Waals surface area contributed by atoms with Crippen molar-refractivity contribution in [3.05, 3.63) is 35.4 Å². The van der Waals surface area contributed by atoms with Crippen LogP contribution in [-0.4, -0.2) is 47.1 Å². The number of likely N-dealkylation sites (tertiary alicyclic amines) is 1. The Hall–Kier alpha value is -1.92. The number of nitrogens with one attached hydrogen (secondary N) is 1. The van der Waals surface area contributed by atoms with Gasteiger partial charge in [-0.2, -0.15) is 0 Å². The molecule has 0 aromatic heterocycles. The number of hydrogen-bond donors (Lipinski definition) is 3. The molecule has 2 amide bonds. The third-order valence-corrected chi connectivity index (χ3v) is 4.89. The maximum absolute atomic E-state index is 11.9. The standard InChI is InChI=1S/C18H25N3O3/c19-17(23)14-3-1-2-12(10-14)11-21-8-6-13(7-9-21)16(22)18(24)20-15-4-5-15/h1-3,10,13,15-16,22H,4-9,11H2,(H2,19,23)(H,20,24)/t16-/m1/s1. The van der Waals surface area contributed by atoms with Gasteiger partial charge in [-0.3, -0.25) is 14.5 Å². The Labute approximate surface area is 142 Å². The lowest BCUT2D eigenvalue weighted by Crippen LogP contribution is -2.44. The summed E-state index contributed by atoms with van der Waals surface area (Å²) in [7, 11) is 0. The molecule has 1 aliphatic carbocycles. The predicted octanol–water partition coefficient (Wildman–Crippen LogP) is 0.637. The highest BCUT2D eigenvalue weighted by molar-refractivity contribution is 5.92. The van der Waals surface area contributed by atoms with Gasteiger partial charge in [-0.15, -0.1) is 0 Å². The molecule has 130 valence electrons. The van der Waals surface area contributed by atoms with Crippen molar-refractivity contribution in [2.24, 2.45) is 11.7 Å². The first-order chi connectivity index (χ1) is 11.5. The minimum Gasteiger partial charge on any atom is -0.383 e. The highest BCUT2D eigenvalue weighted by atomic mass is 16.3. The third kappa shape index (κ3) is 4.33. The van der Waals surface area contributed by atoms with Crippen LogP contribution in [0.1, 0.15) is 41.6 Å². The highest BCUT2D eigenvalue weighted by Gasteiger charge is 2.32. The number of aliphatic hydroxyl groups excluding tert-OH is 1. The Bertz CT molecular complexity index is 607. The van der Waals surface area contributed by atoms with Gasteiger partial charge in [0.1, 0.15) is 6.10 Å². The van der Waals surface area contributed by atoms with E-state index < -0.39 is 12.0 Å². The van der Waals surface area contributed by atoms with Crippen molar-refractivity contribution >= 4 is 11.8 Å². The molecule has 1 aliphatic heterocycles. The summed E-state index contributed by atoms with van der Waals surface area (Å²) in [6.07, 6.45) is 2.76. The number of carbonyl (C=O) groups is 2. The van der Waals surface area contributed by atoms with Crippen LogP contribution in [0.15, 0.2) is 24.3 Å². The second kappa shape index (κ2) is 7.32. The fraction of sp³-hybridized carbons (Fsp3) is 0.556. The first-order valence-corrected chi connectivity index (χ1v) is 8.62. The molecule has 24 heavy (non-hydrogen) atoms. The number of carbonyl (C=O) groups excluding carboxylic acids is 2. The van der Waals surface area contributed by atoms with Crippen molar-refractivity contribution in [3.63, 3.8) is 0 Å². The van der Waals surface area contributed by atoms with Crippen LogP contribution in [0.5, 0.6) is 0 Å². The van der Waals surface area contributed by atoms with E-state index in [1.54, 1.807) is 6.07 Å². The summed E-state index contributed by atoms with van der Waals surface area (Å²) in [4.78, 5) is 25.5. The van der Waals surface area contributed by atoms with Crippen LogP contribution in [-0.2, 0) is 11.3 Å². The van der Waals surface area contributed by atoms with E-state index in [1.807, 2.05) is 18.2 Å². The Morgan fingerprint density at radius 1 is 1.25 bits per heavy atom. The lowest BCUT2D eigenvalue weighted by atomic mass is 9.90. The third-order valence-electron chi connectivity index (χ3n) is 4.89. The molecule has 0 spiro atoms. The lowest BCUT2D eigenvalue weighted by molar-refractivity contribution is -0.133. The van der Waals surface area contributed by atoms with Gasteiger partial charge in [0.25, 0.3) is 0 Å². The Morgan fingerprint density at radius 3 is 2.58 bits per heavy atom. The van der Waals surface area contributed by atoms with Gasteiger partial charge in [-0.05, 0) is 62.4 Å². The lowest BCUT2D eigenvalue weighted by Gasteiger charge is -2.33. The molecule has 1 heterocycles. The van der Waals surface area contributed by atoms with Crippen molar-refractivity contribution in [3.8, 4) is 0 Å². The van der Waals surface area contributed by atoms with Crippen LogP contribution < -0.4 is 11.1 Å². The van der Waals surface area contributed by atoms with Crippen molar-refractivity contribution in [1.82, 2.24) is 10.2 Å². The number of benzene rings is 1. The molecular weight excluding hydrogens is 306 g/mol. The normalized spacial score (nSPS) is 20.5. The Kier molecular flexibility index (Phi) is 5.16. The molecule has 0 unspecified atom stereocenters. The summed E-state index contributed by atoms with van der Waals surface area (Å²) in [5, 5.41) is 13.1. The molecule has 1 saturated carbocycles. The SMILES string of the molecule is NC(=O)c1cccc(CN2CCC([C@@H](O)C(=O)NC3CC3)CC2)c1. The minimum absolute atomic E-state index is 0.0250. The quantitative estimate of drug-likeness (QED) is 0.713. The van der Waals surface area contributed by atoms with Gasteiger partial charge in [0.15, 0.2) is 0 Å². The monoisotopic (exact) mass is 331 g/mol. The second-order valence-corrected chi connectivity index (χ2v) is 6.91. The summed E-state index contributed by atoms with van der Waals surface area (Å²) in [5.41, 5.74) is 6.89. The van der Waals surface area contributed by atoms with Gasteiger partial charge >= 0.3 is 0 Å². The average Bonchev–Trinajstić information content (AvgIpc) is 3.39. The van der Waals surface area contributed by atoms with Crippen LogP contribution >= 0.6 is 0 Å². The summed E-state index contributed by atoms with van der Waals surface area (Å²) in [6.45, 7) is 2.41. The number of nitrogens with zero attached hydrogens (tertiary/aromatic N) is 1. The molecule has 1 aromatic rings. The molecule has 0 radical (unpaired) electrons. The number of hydrogen-bond acceptors (Lipinski definition) is 4. The van der Waals surface area contributed by atoms with Crippen LogP contribution in [0.25, 0.3) is 0 Å². The van der Waals surface area contributed by atoms with Crippen molar-refractivity contribution < 1.29 is 14.7 Å². The zero-order chi connectivity index (χ0) is 17.1. The van der Waals surface area contributed by atoms with Crippen molar-refractivity contribution in [2.75, 3.05) is 13.1 Å². The maximum Gasteiger partial charge on any atom is 0.249 e. The van der Waals surface area contributed by atoms with E-state index in [0.717, 1.165) is 50.9 Å². The van der Waals surface area contributed by atoms with Gasteiger partial charge in [0.05, 0.1) is 0 Å². The highest BCUT2D eigenvalue weighted by Crippen LogP contribution is 2.24. The number of rotatable bonds is 6. The van der Waals surface area contributed by atoms with Gasteiger partial charge < -0.3 is 16.2 Å². The minimum atomic E-state index is -0.897. The molecule has 1 atom stereocenters. The molecule has 3 rings (SSSR count). The Balaban J connectivity index is 1.48. The number of aliphatic hydroxyl groups is 1. The van der Waals surface area contributed by atoms with Crippen molar-refractivity contribution in [2.45, 2.75) is 44.4 Å². The maximum atomic E-state index is 11.9. The summed E-state index contributed by atoms with van der Waals surface area (Å²) in [5.74, 6) is -0.609. The predicted molar refractivity (Wildman–Crippen MR) is 90.1 cm³/mol. The number of primary amides is 1. The second-order valence-electron chi connectivity index (χ2n) is 6.91. The number of nitrogens with two attached hydrogens (primary N) is 1. The van der Waals surface area contributed by atoms with E-state index in [0.29, 0.717) is 5.56 Å². The summed E-state index contributed by atoms with van der Waals surface area (Å²) >= 11 is 0. The van der Waals surface area contributed by atoms with E-state index in [1.165, 1.54) is 0 Å². The van der Waals surface area contributed by atoms with E-state index in [4.69, 9.17) is 5.73 Å². The van der Waals surface area contributed by atoms with Gasteiger partial charge in [-0.25, -0.2) is 0 Å². The van der Waals surface area contributed by atoms with Gasteiger partial charge in [0, 0.05) is 18.2 Å². The number of piperidine rings is 1. The summed E-state index contributed by atoms with van der Waals surface area (Å²) in [6, 6.07) is 7.65. The molecule has 1 saturated heterocycles. The molecule has 2 fully saturated rings. The van der Waals surface area contributed by atoms with Gasteiger partial charge in [-0.1, -0.05) is 12.1 Å². The van der Waals surface area contributed by atoms with Crippen LogP contribution in [0.3, 0.4) is 0 Å². The van der Waals surface area contributed by atoms with Crippen molar-refractivity contribution in [1.29, 1.82) is 0 Å². The molecule has 2 aliphatic rings. The first-order valence-electron chi connectivity index (χ1n) is 8.62. The topological polar surface area (TPSA) is 95.7 Å². The number of amides is 2. The fourth-order valence-electron chi connectivity index (χ4n) is 3.24. The smallest absolute Gasteiger partial charge is 0.249 e. The van der Waals surface area contributed by atoms with Crippen LogP contribution in [0, 0.1) is 5.92 Å². The zero-order valence-electron chi connectivity index (χ0n) is 13.8. The van der Waals surface area contributed by atoms with E-state index in [2.05, 4.69) is 10.2 Å². The molecule has 6 heteroatoms. The van der Waals surface area contributed by atoms with E-state index >= 15 is 0 Å². The van der Waals surface area contributed by atoms with Crippen LogP contribution in [0.4, 0.5) is 0 Å². The first kappa shape index (κ1) is 16.9. The Morgan fingerprint density at radius 2 is 1.96 bits per heavy atom. The average molecular weight is 331 g/mol. The largest absolute Gasteiger partial charge is 0.383 e. The summed E-state index contributed by atoms with van der Waals surface area (Å²) < 4.78 is 0. The zero-order valence-corrected chi connectivity index (χ0v) is 13.8. The fourth-order valence-corrected chi connectivity index (χ4v) is 3.24. The molecule has 0 bridgehead atoms. The van der Waals surface area contributed by atoms with Gasteiger partial charge in [0.2, 0.25) is 11.8 Å². The van der Waals surface area contributed by atoms with E-state index in [9.17, 15) is 14.7 Å². The van der Waals surface area contributed by atoms with E-state index in [-0.39, 0.29) is 17.9 Å². The molecule has 1 aromatic carbocycles.